The van der Waals surface area contributed by atoms with Gasteiger partial charge in [-0.2, -0.15) is 5.10 Å². The Bertz CT molecular complexity index is 650. The molecule has 0 radical (unpaired) electrons. The van der Waals surface area contributed by atoms with Gasteiger partial charge in [0.1, 0.15) is 5.75 Å². The number of carbonyl (C=O) groups excluding carboxylic acids is 1. The number of carbonyl (C=O) groups is 1. The second kappa shape index (κ2) is 5.60. The number of amides is 1. The van der Waals surface area contributed by atoms with Crippen LogP contribution in [-0.4, -0.2) is 33.7 Å². The lowest BCUT2D eigenvalue weighted by molar-refractivity contribution is -0.138. The lowest BCUT2D eigenvalue weighted by atomic mass is 10.1. The second-order valence-electron chi connectivity index (χ2n) is 5.46. The smallest absolute Gasteiger partial charge is 0.263 e. The molecule has 2 aromatic rings. The van der Waals surface area contributed by atoms with E-state index >= 15 is 0 Å². The largest absolute Gasteiger partial charge is 0.481 e. The van der Waals surface area contributed by atoms with Crippen molar-refractivity contribution in [3.63, 3.8) is 0 Å². The number of aromatic nitrogens is 2. The zero-order chi connectivity index (χ0) is 14.8. The van der Waals surface area contributed by atoms with Gasteiger partial charge < -0.3 is 9.64 Å². The Kier molecular flexibility index (Phi) is 3.64. The zero-order valence-corrected chi connectivity index (χ0v) is 12.3. The molecule has 5 nitrogen and oxygen atoms in total. The maximum Gasteiger partial charge on any atom is 0.263 e. The van der Waals surface area contributed by atoms with Crippen molar-refractivity contribution in [3.05, 3.63) is 47.3 Å². The molecule has 1 aliphatic heterocycles. The van der Waals surface area contributed by atoms with Crippen LogP contribution in [0.3, 0.4) is 0 Å². The Morgan fingerprint density at radius 2 is 2.33 bits per heavy atom. The summed E-state index contributed by atoms with van der Waals surface area (Å²) in [6.45, 7) is 5.11. The highest BCUT2D eigenvalue weighted by atomic mass is 16.5. The van der Waals surface area contributed by atoms with E-state index in [1.165, 1.54) is 0 Å². The Hall–Kier alpha value is -2.30. The first-order valence-corrected chi connectivity index (χ1v) is 7.16. The molecule has 110 valence electrons. The molecule has 1 aliphatic rings. The van der Waals surface area contributed by atoms with Gasteiger partial charge in [0.15, 0.2) is 6.10 Å². The summed E-state index contributed by atoms with van der Waals surface area (Å²) in [5.41, 5.74) is 3.34. The van der Waals surface area contributed by atoms with E-state index in [4.69, 9.17) is 4.74 Å². The van der Waals surface area contributed by atoms with Crippen LogP contribution in [0.4, 0.5) is 0 Å². The number of hydrogen-bond donors (Lipinski definition) is 1. The number of fused-ring (bicyclic) bond motifs is 1. The minimum Gasteiger partial charge on any atom is -0.481 e. The quantitative estimate of drug-likeness (QED) is 0.939. The van der Waals surface area contributed by atoms with Crippen LogP contribution in [0.25, 0.3) is 0 Å². The van der Waals surface area contributed by atoms with Crippen molar-refractivity contribution in [2.45, 2.75) is 32.9 Å². The van der Waals surface area contributed by atoms with Gasteiger partial charge >= 0.3 is 0 Å². The third kappa shape index (κ3) is 2.91. The van der Waals surface area contributed by atoms with Gasteiger partial charge in [-0.25, -0.2) is 0 Å². The molecule has 21 heavy (non-hydrogen) atoms. The average Bonchev–Trinajstić information content (AvgIpc) is 2.93. The third-order valence-electron chi connectivity index (χ3n) is 3.76. The van der Waals surface area contributed by atoms with Crippen LogP contribution in [-0.2, 0) is 17.8 Å². The Morgan fingerprint density at radius 3 is 3.14 bits per heavy atom. The molecule has 1 aromatic heterocycles. The molecule has 0 fully saturated rings. The fourth-order valence-corrected chi connectivity index (χ4v) is 2.61. The molecule has 0 aliphatic carbocycles. The number of hydrogen-bond acceptors (Lipinski definition) is 3. The normalized spacial score (nSPS) is 15.4. The third-order valence-corrected chi connectivity index (χ3v) is 3.76. The maximum atomic E-state index is 12.5. The van der Waals surface area contributed by atoms with Gasteiger partial charge in [-0.05, 0) is 31.5 Å². The second-order valence-corrected chi connectivity index (χ2v) is 5.46. The highest BCUT2D eigenvalue weighted by Gasteiger charge is 2.26. The minimum absolute atomic E-state index is 0.0170. The van der Waals surface area contributed by atoms with Crippen molar-refractivity contribution in [3.8, 4) is 5.75 Å². The zero-order valence-electron chi connectivity index (χ0n) is 12.3. The van der Waals surface area contributed by atoms with Crippen LogP contribution in [0.5, 0.6) is 5.75 Å². The van der Waals surface area contributed by atoms with Crippen molar-refractivity contribution in [2.75, 3.05) is 6.54 Å². The van der Waals surface area contributed by atoms with E-state index in [0.29, 0.717) is 13.1 Å². The van der Waals surface area contributed by atoms with Crippen molar-refractivity contribution in [1.29, 1.82) is 0 Å². The average molecular weight is 285 g/mol. The molecule has 0 saturated heterocycles. The van der Waals surface area contributed by atoms with Crippen molar-refractivity contribution in [1.82, 2.24) is 15.1 Å². The molecule has 1 aromatic carbocycles. The van der Waals surface area contributed by atoms with Crippen LogP contribution in [0.15, 0.2) is 30.5 Å². The summed E-state index contributed by atoms with van der Waals surface area (Å²) in [6, 6.07) is 7.75. The molecule has 0 spiro atoms. The Labute approximate surface area is 123 Å². The number of rotatable bonds is 3. The summed E-state index contributed by atoms with van der Waals surface area (Å²) in [7, 11) is 0. The predicted molar refractivity (Wildman–Crippen MR) is 79.0 cm³/mol. The molecule has 1 N–H and O–H groups in total. The van der Waals surface area contributed by atoms with Crippen molar-refractivity contribution >= 4 is 5.91 Å². The topological polar surface area (TPSA) is 58.2 Å². The molecular formula is C16H19N3O2. The molecule has 1 amide bonds. The van der Waals surface area contributed by atoms with E-state index in [-0.39, 0.29) is 5.91 Å². The van der Waals surface area contributed by atoms with Crippen molar-refractivity contribution in [2.24, 2.45) is 0 Å². The Balaban J connectivity index is 1.65. The fraction of sp³-hybridized carbons (Fsp3) is 0.375. The summed E-state index contributed by atoms with van der Waals surface area (Å²) < 4.78 is 5.76. The van der Waals surface area contributed by atoms with Crippen LogP contribution >= 0.6 is 0 Å². The number of nitrogens with one attached hydrogen (secondary N) is 1. The molecule has 0 bridgehead atoms. The lowest BCUT2D eigenvalue weighted by Crippen LogP contribution is -2.43. The molecule has 5 heteroatoms. The summed E-state index contributed by atoms with van der Waals surface area (Å²) in [5, 5.41) is 7.00. The highest BCUT2D eigenvalue weighted by Crippen LogP contribution is 2.19. The van der Waals surface area contributed by atoms with E-state index in [9.17, 15) is 4.79 Å². The number of aryl methyl sites for hydroxylation is 1. The van der Waals surface area contributed by atoms with Crippen molar-refractivity contribution < 1.29 is 9.53 Å². The van der Waals surface area contributed by atoms with Crippen LogP contribution in [0, 0.1) is 6.92 Å². The van der Waals surface area contributed by atoms with E-state index in [1.807, 2.05) is 36.1 Å². The van der Waals surface area contributed by atoms with Gasteiger partial charge in [0.25, 0.3) is 5.91 Å². The molecular weight excluding hydrogens is 266 g/mol. The van der Waals surface area contributed by atoms with Gasteiger partial charge in [-0.3, -0.25) is 9.89 Å². The van der Waals surface area contributed by atoms with Crippen LogP contribution in [0.2, 0.25) is 0 Å². The SMILES string of the molecule is Cc1cccc(O[C@@H](C)C(=O)N2CCc3[nH]ncc3C2)c1. The van der Waals surface area contributed by atoms with E-state index < -0.39 is 6.10 Å². The monoisotopic (exact) mass is 285 g/mol. The van der Waals surface area contributed by atoms with Gasteiger partial charge in [-0.15, -0.1) is 0 Å². The Morgan fingerprint density at radius 1 is 1.48 bits per heavy atom. The van der Waals surface area contributed by atoms with Crippen LogP contribution < -0.4 is 4.74 Å². The molecule has 3 rings (SSSR count). The summed E-state index contributed by atoms with van der Waals surface area (Å²) in [6.07, 6.45) is 2.12. The molecule has 1 atom stereocenters. The first-order valence-electron chi connectivity index (χ1n) is 7.16. The fourth-order valence-electron chi connectivity index (χ4n) is 2.61. The van der Waals surface area contributed by atoms with Gasteiger partial charge in [-0.1, -0.05) is 12.1 Å². The molecule has 0 unspecified atom stereocenters. The number of H-pyrrole nitrogens is 1. The van der Waals surface area contributed by atoms with E-state index in [2.05, 4.69) is 10.2 Å². The number of nitrogens with zero attached hydrogens (tertiary/aromatic N) is 2. The highest BCUT2D eigenvalue weighted by molar-refractivity contribution is 5.81. The van der Waals surface area contributed by atoms with Gasteiger partial charge in [0, 0.05) is 30.8 Å². The summed E-state index contributed by atoms with van der Waals surface area (Å²) in [4.78, 5) is 14.3. The van der Waals surface area contributed by atoms with E-state index in [0.717, 1.165) is 29.0 Å². The molecule has 0 saturated carbocycles. The van der Waals surface area contributed by atoms with Gasteiger partial charge in [0.05, 0.1) is 6.20 Å². The summed E-state index contributed by atoms with van der Waals surface area (Å²) in [5.74, 6) is 0.750. The maximum absolute atomic E-state index is 12.5. The van der Waals surface area contributed by atoms with E-state index in [1.54, 1.807) is 13.1 Å². The number of ether oxygens (including phenoxy) is 1. The first-order chi connectivity index (χ1) is 10.1. The number of aromatic amines is 1. The standard InChI is InChI=1S/C16H19N3O2/c1-11-4-3-5-14(8-11)21-12(2)16(20)19-7-6-15-13(10-19)9-17-18-15/h3-5,8-9,12H,6-7,10H2,1-2H3,(H,17,18)/t12-/m0/s1. The lowest BCUT2D eigenvalue weighted by Gasteiger charge is -2.29. The predicted octanol–water partition coefficient (Wildman–Crippen LogP) is 2.07. The van der Waals surface area contributed by atoms with Crippen LogP contribution in [0.1, 0.15) is 23.7 Å². The van der Waals surface area contributed by atoms with Gasteiger partial charge in [0.2, 0.25) is 0 Å². The summed E-state index contributed by atoms with van der Waals surface area (Å²) >= 11 is 0. The minimum atomic E-state index is -0.486. The molecule has 2 heterocycles. The number of benzene rings is 1. The first kappa shape index (κ1) is 13.7.